The van der Waals surface area contributed by atoms with Gasteiger partial charge in [0, 0.05) is 0 Å². The minimum atomic E-state index is 0.614. The van der Waals surface area contributed by atoms with E-state index < -0.39 is 0 Å². The van der Waals surface area contributed by atoms with E-state index in [1.807, 2.05) is 0 Å². The Kier molecular flexibility index (Phi) is 6.33. The summed E-state index contributed by atoms with van der Waals surface area (Å²) in [5, 5.41) is 3.60. The van der Waals surface area contributed by atoms with E-state index >= 15 is 0 Å². The topological polar surface area (TPSA) is 12.0 Å². The summed E-state index contributed by atoms with van der Waals surface area (Å²) in [4.78, 5) is 0. The molecule has 1 aliphatic heterocycles. The lowest BCUT2D eigenvalue weighted by molar-refractivity contribution is 0.0231. The van der Waals surface area contributed by atoms with E-state index in [1.165, 1.54) is 70.9 Å². The van der Waals surface area contributed by atoms with E-state index in [9.17, 15) is 0 Å². The smallest absolute Gasteiger partial charge is 0.000302 e. The third kappa shape index (κ3) is 4.18. The SMILES string of the molecule is CC1CCCCC(C2CCC2)CCCC(C)(C2CNC2)CC1C1CCC1. The quantitative estimate of drug-likeness (QED) is 0.583. The van der Waals surface area contributed by atoms with Crippen molar-refractivity contribution in [3.63, 3.8) is 0 Å². The van der Waals surface area contributed by atoms with Crippen LogP contribution < -0.4 is 5.32 Å². The Morgan fingerprint density at radius 2 is 1.27 bits per heavy atom. The highest BCUT2D eigenvalue weighted by Crippen LogP contribution is 2.50. The van der Waals surface area contributed by atoms with Crippen molar-refractivity contribution in [2.45, 2.75) is 104 Å². The zero-order chi connectivity index (χ0) is 18.0. The average molecular weight is 360 g/mol. The highest BCUT2D eigenvalue weighted by atomic mass is 15.0. The summed E-state index contributed by atoms with van der Waals surface area (Å²) in [6.07, 6.45) is 21.4. The van der Waals surface area contributed by atoms with Gasteiger partial charge in [0.1, 0.15) is 0 Å². The maximum absolute atomic E-state index is 3.60. The molecule has 4 rings (SSSR count). The Bertz CT molecular complexity index is 433. The second-order valence-corrected chi connectivity index (χ2v) is 11.2. The fraction of sp³-hybridized carbons (Fsp3) is 1.00. The molecule has 1 heteroatoms. The summed E-state index contributed by atoms with van der Waals surface area (Å²) in [5.41, 5.74) is 0.614. The maximum Gasteiger partial charge on any atom is -0.000302 e. The molecule has 4 unspecified atom stereocenters. The fourth-order valence-corrected chi connectivity index (χ4v) is 6.88. The van der Waals surface area contributed by atoms with Gasteiger partial charge < -0.3 is 5.32 Å². The van der Waals surface area contributed by atoms with Crippen LogP contribution >= 0.6 is 0 Å². The summed E-state index contributed by atoms with van der Waals surface area (Å²) < 4.78 is 0. The number of hydrogen-bond donors (Lipinski definition) is 1. The molecule has 1 heterocycles. The number of hydrogen-bond acceptors (Lipinski definition) is 1. The van der Waals surface area contributed by atoms with Crippen LogP contribution in [0.3, 0.4) is 0 Å². The highest BCUT2D eigenvalue weighted by Gasteiger charge is 2.43. The van der Waals surface area contributed by atoms with Gasteiger partial charge in [-0.2, -0.15) is 0 Å². The second-order valence-electron chi connectivity index (χ2n) is 11.2. The Hall–Kier alpha value is -0.0400. The summed E-state index contributed by atoms with van der Waals surface area (Å²) in [5.74, 6) is 6.20. The minimum Gasteiger partial charge on any atom is -0.316 e. The molecule has 0 spiro atoms. The van der Waals surface area contributed by atoms with Gasteiger partial charge in [0.05, 0.1) is 0 Å². The van der Waals surface area contributed by atoms with E-state index in [0.29, 0.717) is 5.41 Å². The second kappa shape index (κ2) is 8.54. The molecule has 3 aliphatic carbocycles. The van der Waals surface area contributed by atoms with Crippen molar-refractivity contribution in [2.24, 2.45) is 40.9 Å². The van der Waals surface area contributed by atoms with E-state index in [1.54, 1.807) is 32.1 Å². The molecule has 26 heavy (non-hydrogen) atoms. The molecule has 4 atom stereocenters. The van der Waals surface area contributed by atoms with Crippen molar-refractivity contribution >= 4 is 0 Å². The van der Waals surface area contributed by atoms with Crippen LogP contribution in [0, 0.1) is 40.9 Å². The lowest BCUT2D eigenvalue weighted by Gasteiger charge is -2.49. The molecule has 0 aromatic rings. The molecule has 1 nitrogen and oxygen atoms in total. The molecule has 0 amide bonds. The van der Waals surface area contributed by atoms with Gasteiger partial charge in [-0.1, -0.05) is 90.9 Å². The minimum absolute atomic E-state index is 0.614. The standard InChI is InChI=1S/C25H45N/c1-19-8-3-4-9-20(21-10-5-11-21)14-7-15-25(2,23-17-26-18-23)16-24(19)22-12-6-13-22/h19-24,26H,3-18H2,1-2H3. The van der Waals surface area contributed by atoms with Gasteiger partial charge in [0.2, 0.25) is 0 Å². The monoisotopic (exact) mass is 359 g/mol. The van der Waals surface area contributed by atoms with Crippen LogP contribution in [0.1, 0.15) is 104 Å². The summed E-state index contributed by atoms with van der Waals surface area (Å²) in [7, 11) is 0. The number of nitrogens with one attached hydrogen (secondary N) is 1. The first-order chi connectivity index (χ1) is 12.7. The third-order valence-corrected chi connectivity index (χ3v) is 9.58. The van der Waals surface area contributed by atoms with Gasteiger partial charge in [0.25, 0.3) is 0 Å². The molecule has 0 aromatic heterocycles. The normalized spacial score (nSPS) is 42.0. The van der Waals surface area contributed by atoms with Crippen molar-refractivity contribution in [2.75, 3.05) is 13.1 Å². The van der Waals surface area contributed by atoms with Crippen molar-refractivity contribution in [3.05, 3.63) is 0 Å². The molecule has 0 radical (unpaired) electrons. The van der Waals surface area contributed by atoms with Crippen LogP contribution in [0.2, 0.25) is 0 Å². The summed E-state index contributed by atoms with van der Waals surface area (Å²) in [6.45, 7) is 7.92. The van der Waals surface area contributed by atoms with Gasteiger partial charge in [-0.05, 0) is 66.9 Å². The Labute approximate surface area is 163 Å². The van der Waals surface area contributed by atoms with Crippen molar-refractivity contribution in [3.8, 4) is 0 Å². The number of rotatable bonds is 3. The van der Waals surface area contributed by atoms with E-state index in [4.69, 9.17) is 0 Å². The van der Waals surface area contributed by atoms with Crippen LogP contribution in [-0.4, -0.2) is 13.1 Å². The van der Waals surface area contributed by atoms with Crippen LogP contribution in [0.25, 0.3) is 0 Å². The van der Waals surface area contributed by atoms with Crippen LogP contribution in [-0.2, 0) is 0 Å². The first-order valence-corrected chi connectivity index (χ1v) is 12.4. The maximum atomic E-state index is 3.60. The molecule has 4 aliphatic rings. The van der Waals surface area contributed by atoms with Gasteiger partial charge in [-0.15, -0.1) is 0 Å². The zero-order valence-corrected chi connectivity index (χ0v) is 17.8. The molecule has 4 fully saturated rings. The first-order valence-electron chi connectivity index (χ1n) is 12.4. The van der Waals surface area contributed by atoms with Crippen molar-refractivity contribution in [1.29, 1.82) is 0 Å². The third-order valence-electron chi connectivity index (χ3n) is 9.58. The molecule has 0 bridgehead atoms. The van der Waals surface area contributed by atoms with E-state index in [-0.39, 0.29) is 0 Å². The fourth-order valence-electron chi connectivity index (χ4n) is 6.88. The Morgan fingerprint density at radius 1 is 0.692 bits per heavy atom. The van der Waals surface area contributed by atoms with Gasteiger partial charge in [-0.3, -0.25) is 0 Å². The van der Waals surface area contributed by atoms with E-state index in [2.05, 4.69) is 19.2 Å². The predicted molar refractivity (Wildman–Crippen MR) is 112 cm³/mol. The predicted octanol–water partition coefficient (Wildman–Crippen LogP) is 6.82. The Balaban J connectivity index is 1.45. The lowest BCUT2D eigenvalue weighted by atomic mass is 9.59. The zero-order valence-electron chi connectivity index (χ0n) is 17.8. The average Bonchev–Trinajstić information content (AvgIpc) is 2.43. The lowest BCUT2D eigenvalue weighted by Crippen LogP contribution is -2.52. The largest absolute Gasteiger partial charge is 0.316 e. The van der Waals surface area contributed by atoms with Crippen LogP contribution in [0.4, 0.5) is 0 Å². The molecule has 1 saturated heterocycles. The van der Waals surface area contributed by atoms with Gasteiger partial charge in [-0.25, -0.2) is 0 Å². The van der Waals surface area contributed by atoms with Gasteiger partial charge >= 0.3 is 0 Å². The summed E-state index contributed by atoms with van der Waals surface area (Å²) >= 11 is 0. The Morgan fingerprint density at radius 3 is 1.81 bits per heavy atom. The molecule has 1 N–H and O–H groups in total. The highest BCUT2D eigenvalue weighted by molar-refractivity contribution is 4.95. The van der Waals surface area contributed by atoms with Crippen LogP contribution in [0.15, 0.2) is 0 Å². The molecule has 3 saturated carbocycles. The molecular weight excluding hydrogens is 314 g/mol. The molecule has 0 aromatic carbocycles. The molecule has 150 valence electrons. The van der Waals surface area contributed by atoms with Crippen molar-refractivity contribution < 1.29 is 0 Å². The van der Waals surface area contributed by atoms with E-state index in [0.717, 1.165) is 35.5 Å². The van der Waals surface area contributed by atoms with Gasteiger partial charge in [0.15, 0.2) is 0 Å². The van der Waals surface area contributed by atoms with Crippen LogP contribution in [0.5, 0.6) is 0 Å². The first kappa shape index (κ1) is 19.3. The van der Waals surface area contributed by atoms with Crippen molar-refractivity contribution in [1.82, 2.24) is 5.32 Å². The molecular formula is C25H45N. The summed E-state index contributed by atoms with van der Waals surface area (Å²) in [6, 6.07) is 0.